The molecule has 23 heavy (non-hydrogen) atoms. The highest BCUT2D eigenvalue weighted by molar-refractivity contribution is 5.43. The summed E-state index contributed by atoms with van der Waals surface area (Å²) in [6.07, 6.45) is 1.80. The van der Waals surface area contributed by atoms with Crippen molar-refractivity contribution in [2.24, 2.45) is 0 Å². The monoisotopic (exact) mass is 309 g/mol. The zero-order valence-corrected chi connectivity index (χ0v) is 13.0. The van der Waals surface area contributed by atoms with Gasteiger partial charge in [0.2, 0.25) is 0 Å². The summed E-state index contributed by atoms with van der Waals surface area (Å²) in [6.45, 7) is 3.81. The van der Waals surface area contributed by atoms with E-state index in [-0.39, 0.29) is 6.61 Å². The first-order chi connectivity index (χ1) is 11.2. The van der Waals surface area contributed by atoms with Crippen molar-refractivity contribution in [3.05, 3.63) is 71.8 Å². The van der Waals surface area contributed by atoms with Gasteiger partial charge in [0.15, 0.2) is 11.5 Å². The summed E-state index contributed by atoms with van der Waals surface area (Å²) in [7, 11) is 1.58. The number of nitriles is 1. The number of aliphatic hydroxyl groups is 1. The minimum Gasteiger partial charge on any atom is -0.493 e. The van der Waals surface area contributed by atoms with Crippen molar-refractivity contribution >= 4 is 0 Å². The normalized spacial score (nSPS) is 11.3. The maximum absolute atomic E-state index is 10.2. The second-order valence-corrected chi connectivity index (χ2v) is 5.04. The molecule has 1 atom stereocenters. The Bertz CT molecular complexity index is 702. The topological polar surface area (TPSA) is 62.5 Å². The smallest absolute Gasteiger partial charge is 0.161 e. The molecule has 2 rings (SSSR count). The molecule has 1 N–H and O–H groups in total. The minimum atomic E-state index is -0.777. The van der Waals surface area contributed by atoms with Gasteiger partial charge in [-0.3, -0.25) is 0 Å². The Balaban J connectivity index is 2.04. The molecule has 0 radical (unpaired) electrons. The molecule has 0 saturated carbocycles. The Hall–Kier alpha value is -2.77. The molecule has 1 unspecified atom stereocenters. The summed E-state index contributed by atoms with van der Waals surface area (Å²) in [5, 5.41) is 19.0. The van der Waals surface area contributed by atoms with Gasteiger partial charge in [0.1, 0.15) is 12.7 Å². The predicted molar refractivity (Wildman–Crippen MR) is 88.5 cm³/mol. The number of methoxy groups -OCH3 is 1. The van der Waals surface area contributed by atoms with Gasteiger partial charge in [-0.1, -0.05) is 24.3 Å². The van der Waals surface area contributed by atoms with Crippen LogP contribution in [0.5, 0.6) is 11.5 Å². The number of nitrogens with zero attached hydrogens (tertiary/aromatic N) is 1. The molecule has 0 saturated heterocycles. The van der Waals surface area contributed by atoms with Crippen LogP contribution >= 0.6 is 0 Å². The van der Waals surface area contributed by atoms with Crippen molar-refractivity contribution in [2.75, 3.05) is 13.7 Å². The van der Waals surface area contributed by atoms with Crippen LogP contribution in [0, 0.1) is 11.3 Å². The van der Waals surface area contributed by atoms with Gasteiger partial charge in [0.05, 0.1) is 18.7 Å². The standard InChI is InChI=1S/C19H19NO3/c1-3-4-14-7-10-18(19(11-14)22-2)23-13-17(21)16-8-5-15(12-20)6-9-16/h3,5-11,17,21H,1,4,13H2,2H3. The fraction of sp³-hybridized carbons (Fsp3) is 0.211. The molecular formula is C19H19NO3. The summed E-state index contributed by atoms with van der Waals surface area (Å²) in [5.41, 5.74) is 2.34. The maximum Gasteiger partial charge on any atom is 0.161 e. The van der Waals surface area contributed by atoms with Crippen LogP contribution < -0.4 is 9.47 Å². The van der Waals surface area contributed by atoms with E-state index in [1.165, 1.54) is 0 Å². The van der Waals surface area contributed by atoms with Gasteiger partial charge in [0, 0.05) is 0 Å². The quantitative estimate of drug-likeness (QED) is 0.796. The lowest BCUT2D eigenvalue weighted by molar-refractivity contribution is 0.106. The zero-order valence-electron chi connectivity index (χ0n) is 13.0. The molecule has 0 aromatic heterocycles. The number of rotatable bonds is 7. The zero-order chi connectivity index (χ0) is 16.7. The third kappa shape index (κ3) is 4.35. The number of allylic oxidation sites excluding steroid dienone is 1. The minimum absolute atomic E-state index is 0.100. The number of ether oxygens (including phenoxy) is 2. The average Bonchev–Trinajstić information content (AvgIpc) is 2.60. The highest BCUT2D eigenvalue weighted by Crippen LogP contribution is 2.29. The molecular weight excluding hydrogens is 290 g/mol. The van der Waals surface area contributed by atoms with Crippen molar-refractivity contribution in [3.8, 4) is 17.6 Å². The second kappa shape index (κ2) is 8.02. The molecule has 4 heteroatoms. The molecule has 0 amide bonds. The summed E-state index contributed by atoms with van der Waals surface area (Å²) in [6, 6.07) is 14.5. The highest BCUT2D eigenvalue weighted by atomic mass is 16.5. The Kier molecular flexibility index (Phi) is 5.79. The molecule has 0 aliphatic rings. The van der Waals surface area contributed by atoms with Gasteiger partial charge in [-0.15, -0.1) is 6.58 Å². The average molecular weight is 309 g/mol. The summed E-state index contributed by atoms with van der Waals surface area (Å²) in [4.78, 5) is 0. The van der Waals surface area contributed by atoms with Crippen LogP contribution in [-0.2, 0) is 6.42 Å². The Morgan fingerprint density at radius 1 is 1.22 bits per heavy atom. The van der Waals surface area contributed by atoms with E-state index in [1.54, 1.807) is 31.4 Å². The first kappa shape index (κ1) is 16.6. The van der Waals surface area contributed by atoms with E-state index in [0.29, 0.717) is 22.6 Å². The summed E-state index contributed by atoms with van der Waals surface area (Å²) < 4.78 is 11.0. The number of benzene rings is 2. The van der Waals surface area contributed by atoms with Crippen LogP contribution in [0.1, 0.15) is 22.8 Å². The van der Waals surface area contributed by atoms with E-state index >= 15 is 0 Å². The van der Waals surface area contributed by atoms with E-state index in [2.05, 4.69) is 6.58 Å². The van der Waals surface area contributed by atoms with Gasteiger partial charge in [-0.05, 0) is 41.8 Å². The second-order valence-electron chi connectivity index (χ2n) is 5.04. The first-order valence-electron chi connectivity index (χ1n) is 7.26. The summed E-state index contributed by atoms with van der Waals surface area (Å²) >= 11 is 0. The van der Waals surface area contributed by atoms with Crippen molar-refractivity contribution in [1.29, 1.82) is 5.26 Å². The van der Waals surface area contributed by atoms with Crippen molar-refractivity contribution in [2.45, 2.75) is 12.5 Å². The molecule has 0 fully saturated rings. The van der Waals surface area contributed by atoms with Gasteiger partial charge >= 0.3 is 0 Å². The molecule has 0 aliphatic heterocycles. The van der Waals surface area contributed by atoms with Crippen molar-refractivity contribution in [3.63, 3.8) is 0 Å². The number of hydrogen-bond acceptors (Lipinski definition) is 4. The van der Waals surface area contributed by atoms with E-state index in [4.69, 9.17) is 14.7 Å². The summed E-state index contributed by atoms with van der Waals surface area (Å²) in [5.74, 6) is 1.20. The molecule has 0 aliphatic carbocycles. The molecule has 2 aromatic rings. The van der Waals surface area contributed by atoms with Crippen LogP contribution in [-0.4, -0.2) is 18.8 Å². The molecule has 0 spiro atoms. The van der Waals surface area contributed by atoms with E-state index in [1.807, 2.05) is 30.3 Å². The van der Waals surface area contributed by atoms with Gasteiger partial charge in [-0.25, -0.2) is 0 Å². The van der Waals surface area contributed by atoms with Crippen LogP contribution in [0.3, 0.4) is 0 Å². The lowest BCUT2D eigenvalue weighted by Crippen LogP contribution is -2.10. The third-order valence-electron chi connectivity index (χ3n) is 3.43. The van der Waals surface area contributed by atoms with E-state index in [0.717, 1.165) is 12.0 Å². The Morgan fingerprint density at radius 2 is 1.96 bits per heavy atom. The number of hydrogen-bond donors (Lipinski definition) is 1. The van der Waals surface area contributed by atoms with E-state index in [9.17, 15) is 5.11 Å². The lowest BCUT2D eigenvalue weighted by Gasteiger charge is -2.15. The van der Waals surface area contributed by atoms with Crippen LogP contribution in [0.25, 0.3) is 0 Å². The van der Waals surface area contributed by atoms with Crippen LogP contribution in [0.2, 0.25) is 0 Å². The number of aliphatic hydroxyl groups excluding tert-OH is 1. The Morgan fingerprint density at radius 3 is 2.57 bits per heavy atom. The lowest BCUT2D eigenvalue weighted by atomic mass is 10.1. The largest absolute Gasteiger partial charge is 0.493 e. The van der Waals surface area contributed by atoms with Crippen LogP contribution in [0.15, 0.2) is 55.1 Å². The highest BCUT2D eigenvalue weighted by Gasteiger charge is 2.11. The molecule has 2 aromatic carbocycles. The third-order valence-corrected chi connectivity index (χ3v) is 3.43. The van der Waals surface area contributed by atoms with E-state index < -0.39 is 6.10 Å². The van der Waals surface area contributed by atoms with Crippen LogP contribution in [0.4, 0.5) is 0 Å². The Labute approximate surface area is 136 Å². The predicted octanol–water partition coefficient (Wildman–Crippen LogP) is 3.41. The van der Waals surface area contributed by atoms with Gasteiger partial charge in [0.25, 0.3) is 0 Å². The molecule has 4 nitrogen and oxygen atoms in total. The molecule has 0 bridgehead atoms. The van der Waals surface area contributed by atoms with Gasteiger partial charge < -0.3 is 14.6 Å². The van der Waals surface area contributed by atoms with Crippen molar-refractivity contribution < 1.29 is 14.6 Å². The maximum atomic E-state index is 10.2. The fourth-order valence-electron chi connectivity index (χ4n) is 2.17. The first-order valence-corrected chi connectivity index (χ1v) is 7.26. The molecule has 0 heterocycles. The SMILES string of the molecule is C=CCc1ccc(OCC(O)c2ccc(C#N)cc2)c(OC)c1. The van der Waals surface area contributed by atoms with Crippen molar-refractivity contribution in [1.82, 2.24) is 0 Å². The molecule has 118 valence electrons. The fourth-order valence-corrected chi connectivity index (χ4v) is 2.17. The van der Waals surface area contributed by atoms with Gasteiger partial charge in [-0.2, -0.15) is 5.26 Å².